The molecule has 0 unspecified atom stereocenters. The van der Waals surface area contributed by atoms with Crippen LogP contribution in [0.2, 0.25) is 5.02 Å². The van der Waals surface area contributed by atoms with E-state index in [4.69, 9.17) is 11.6 Å². The Morgan fingerprint density at radius 1 is 1.24 bits per heavy atom. The molecule has 0 bridgehead atoms. The summed E-state index contributed by atoms with van der Waals surface area (Å²) in [5, 5.41) is 13.6. The molecule has 110 valence electrons. The van der Waals surface area contributed by atoms with E-state index in [1.807, 2.05) is 24.3 Å². The molecule has 2 aromatic rings. The summed E-state index contributed by atoms with van der Waals surface area (Å²) in [6.45, 7) is 6.45. The summed E-state index contributed by atoms with van der Waals surface area (Å²) in [6.07, 6.45) is 1.71. The highest BCUT2D eigenvalue weighted by Gasteiger charge is 2.33. The first kappa shape index (κ1) is 14.2. The molecule has 4 heteroatoms. The average molecular weight is 303 g/mol. The van der Waals surface area contributed by atoms with E-state index in [2.05, 4.69) is 36.6 Å². The summed E-state index contributed by atoms with van der Waals surface area (Å²) in [4.78, 5) is 0. The first-order valence-corrected chi connectivity index (χ1v) is 7.48. The molecule has 1 aliphatic rings. The number of benzene rings is 1. The average Bonchev–Trinajstić information content (AvgIpc) is 2.73. The normalized spacial score (nSPS) is 18.8. The summed E-state index contributed by atoms with van der Waals surface area (Å²) in [5.41, 5.74) is 5.12. The maximum absolute atomic E-state index is 9.35. The number of rotatable bonds is 1. The van der Waals surface area contributed by atoms with E-state index in [1.165, 1.54) is 5.69 Å². The highest BCUT2D eigenvalue weighted by atomic mass is 35.5. The van der Waals surface area contributed by atoms with Crippen molar-refractivity contribution in [3.05, 3.63) is 52.3 Å². The molecule has 0 saturated heterocycles. The molecule has 3 nitrogen and oxygen atoms in total. The van der Waals surface area contributed by atoms with Crippen molar-refractivity contribution in [2.75, 3.05) is 0 Å². The van der Waals surface area contributed by atoms with Crippen LogP contribution >= 0.6 is 11.6 Å². The van der Waals surface area contributed by atoms with E-state index in [-0.39, 0.29) is 5.41 Å². The summed E-state index contributed by atoms with van der Waals surface area (Å²) in [6, 6.07) is 9.93. The highest BCUT2D eigenvalue weighted by molar-refractivity contribution is 6.32. The third kappa shape index (κ3) is 2.36. The Kier molecular flexibility index (Phi) is 3.33. The van der Waals surface area contributed by atoms with Gasteiger partial charge in [-0.25, -0.2) is 0 Å². The van der Waals surface area contributed by atoms with Gasteiger partial charge in [-0.1, -0.05) is 42.7 Å². The molecule has 1 N–H and O–H groups in total. The van der Waals surface area contributed by atoms with Crippen molar-refractivity contribution in [1.82, 2.24) is 4.57 Å². The second-order valence-corrected chi connectivity index (χ2v) is 6.90. The molecule has 0 aliphatic heterocycles. The summed E-state index contributed by atoms with van der Waals surface area (Å²) < 4.78 is 2.18. The molecule has 1 aromatic heterocycles. The molecule has 0 atom stereocenters. The van der Waals surface area contributed by atoms with Gasteiger partial charge >= 0.3 is 0 Å². The Morgan fingerprint density at radius 3 is 2.62 bits per heavy atom. The zero-order valence-corrected chi connectivity index (χ0v) is 13.3. The molecule has 21 heavy (non-hydrogen) atoms. The maximum atomic E-state index is 9.35. The Bertz CT molecular complexity index is 728. The minimum atomic E-state index is 0.0678. The number of hydrogen-bond acceptors (Lipinski definition) is 2. The van der Waals surface area contributed by atoms with Crippen LogP contribution in [0.4, 0.5) is 0 Å². The lowest BCUT2D eigenvalue weighted by molar-refractivity contribution is 0.305. The van der Waals surface area contributed by atoms with E-state index in [9.17, 15) is 5.21 Å². The Labute approximate surface area is 129 Å². The van der Waals surface area contributed by atoms with Crippen LogP contribution in [0.3, 0.4) is 0 Å². The van der Waals surface area contributed by atoms with Gasteiger partial charge in [-0.3, -0.25) is 0 Å². The zero-order chi connectivity index (χ0) is 15.2. The standard InChI is InChI=1S/C17H19ClN2O/c1-11-8-12-14(19-21)9-17(2,3)10-16(12)20(11)15-7-5-4-6-13(15)18/h4-8,21H,9-10H2,1-3H3/b19-14-. The van der Waals surface area contributed by atoms with Crippen LogP contribution < -0.4 is 0 Å². The molecule has 0 saturated carbocycles. The zero-order valence-electron chi connectivity index (χ0n) is 12.5. The van der Waals surface area contributed by atoms with Gasteiger partial charge < -0.3 is 9.77 Å². The van der Waals surface area contributed by atoms with E-state index in [0.717, 1.165) is 40.5 Å². The van der Waals surface area contributed by atoms with Crippen LogP contribution in [0.15, 0.2) is 35.5 Å². The van der Waals surface area contributed by atoms with E-state index >= 15 is 0 Å². The molecule has 3 rings (SSSR count). The molecule has 1 aromatic carbocycles. The van der Waals surface area contributed by atoms with Crippen molar-refractivity contribution in [1.29, 1.82) is 0 Å². The summed E-state index contributed by atoms with van der Waals surface area (Å²) >= 11 is 6.37. The Hall–Kier alpha value is -1.74. The van der Waals surface area contributed by atoms with Crippen molar-refractivity contribution in [2.45, 2.75) is 33.6 Å². The quantitative estimate of drug-likeness (QED) is 0.607. The van der Waals surface area contributed by atoms with Crippen LogP contribution in [-0.4, -0.2) is 15.5 Å². The fourth-order valence-electron chi connectivity index (χ4n) is 3.24. The third-order valence-corrected chi connectivity index (χ3v) is 4.42. The number of oxime groups is 1. The lowest BCUT2D eigenvalue weighted by Crippen LogP contribution is -2.28. The van der Waals surface area contributed by atoms with Gasteiger partial charge in [0.1, 0.15) is 0 Å². The van der Waals surface area contributed by atoms with Crippen LogP contribution in [0.25, 0.3) is 5.69 Å². The molecule has 1 heterocycles. The molecular weight excluding hydrogens is 284 g/mol. The van der Waals surface area contributed by atoms with Crippen molar-refractivity contribution in [3.63, 3.8) is 0 Å². The predicted octanol–water partition coefficient (Wildman–Crippen LogP) is 4.59. The van der Waals surface area contributed by atoms with Gasteiger partial charge in [0.25, 0.3) is 0 Å². The number of para-hydroxylation sites is 1. The fourth-order valence-corrected chi connectivity index (χ4v) is 3.46. The topological polar surface area (TPSA) is 37.5 Å². The fraction of sp³-hybridized carbons (Fsp3) is 0.353. The molecule has 0 radical (unpaired) electrons. The van der Waals surface area contributed by atoms with Crippen LogP contribution in [0, 0.1) is 12.3 Å². The highest BCUT2D eigenvalue weighted by Crippen LogP contribution is 2.38. The largest absolute Gasteiger partial charge is 0.411 e. The lowest BCUT2D eigenvalue weighted by atomic mass is 9.76. The number of aryl methyl sites for hydroxylation is 1. The molecule has 0 amide bonds. The van der Waals surface area contributed by atoms with Gasteiger partial charge in [0.15, 0.2) is 0 Å². The Balaban J connectivity index is 2.26. The number of aromatic nitrogens is 1. The maximum Gasteiger partial charge on any atom is 0.0891 e. The van der Waals surface area contributed by atoms with Crippen molar-refractivity contribution >= 4 is 17.3 Å². The van der Waals surface area contributed by atoms with Crippen LogP contribution in [0.5, 0.6) is 0 Å². The number of nitrogens with zero attached hydrogens (tertiary/aromatic N) is 2. The molecular formula is C17H19ClN2O. The van der Waals surface area contributed by atoms with Gasteiger partial charge in [-0.2, -0.15) is 0 Å². The number of hydrogen-bond donors (Lipinski definition) is 1. The molecule has 0 fully saturated rings. The minimum absolute atomic E-state index is 0.0678. The monoisotopic (exact) mass is 302 g/mol. The summed E-state index contributed by atoms with van der Waals surface area (Å²) in [7, 11) is 0. The second-order valence-electron chi connectivity index (χ2n) is 6.50. The number of fused-ring (bicyclic) bond motifs is 1. The number of halogens is 1. The van der Waals surface area contributed by atoms with E-state index in [1.54, 1.807) is 0 Å². The van der Waals surface area contributed by atoms with Crippen molar-refractivity contribution in [2.24, 2.45) is 10.6 Å². The van der Waals surface area contributed by atoms with Gasteiger partial charge in [0.2, 0.25) is 0 Å². The van der Waals surface area contributed by atoms with E-state index in [0.29, 0.717) is 0 Å². The minimum Gasteiger partial charge on any atom is -0.411 e. The first-order chi connectivity index (χ1) is 9.93. The van der Waals surface area contributed by atoms with Gasteiger partial charge in [-0.15, -0.1) is 0 Å². The van der Waals surface area contributed by atoms with Crippen LogP contribution in [-0.2, 0) is 6.42 Å². The summed E-state index contributed by atoms with van der Waals surface area (Å²) in [5.74, 6) is 0. The van der Waals surface area contributed by atoms with Crippen LogP contribution in [0.1, 0.15) is 37.2 Å². The molecule has 0 spiro atoms. The second kappa shape index (κ2) is 4.92. The predicted molar refractivity (Wildman–Crippen MR) is 85.9 cm³/mol. The van der Waals surface area contributed by atoms with Crippen molar-refractivity contribution in [3.8, 4) is 5.69 Å². The smallest absolute Gasteiger partial charge is 0.0891 e. The SMILES string of the molecule is Cc1cc2c(n1-c1ccccc1Cl)CC(C)(C)C/C2=N/O. The van der Waals surface area contributed by atoms with Gasteiger partial charge in [0.05, 0.1) is 16.4 Å². The lowest BCUT2D eigenvalue weighted by Gasteiger charge is -2.31. The third-order valence-electron chi connectivity index (χ3n) is 4.10. The molecule has 1 aliphatic carbocycles. The van der Waals surface area contributed by atoms with Gasteiger partial charge in [-0.05, 0) is 43.4 Å². The van der Waals surface area contributed by atoms with Gasteiger partial charge in [0, 0.05) is 17.0 Å². The van der Waals surface area contributed by atoms with E-state index < -0.39 is 0 Å². The first-order valence-electron chi connectivity index (χ1n) is 7.10. The van der Waals surface area contributed by atoms with Crippen molar-refractivity contribution < 1.29 is 5.21 Å². The Morgan fingerprint density at radius 2 is 1.95 bits per heavy atom.